The normalized spacial score (nSPS) is 14.5. The molecule has 0 radical (unpaired) electrons. The van der Waals surface area contributed by atoms with Crippen molar-refractivity contribution in [2.45, 2.75) is 25.4 Å². The number of hydrogen-bond donors (Lipinski definition) is 1. The van der Waals surface area contributed by atoms with Crippen molar-refractivity contribution in [3.05, 3.63) is 58.4 Å². The van der Waals surface area contributed by atoms with Crippen molar-refractivity contribution >= 4 is 28.1 Å². The van der Waals surface area contributed by atoms with E-state index in [0.29, 0.717) is 12.6 Å². The minimum absolute atomic E-state index is 0.140. The number of benzene rings is 1. The maximum absolute atomic E-state index is 12.9. The molecule has 2 heterocycles. The molecule has 0 saturated heterocycles. The van der Waals surface area contributed by atoms with Crippen molar-refractivity contribution in [3.8, 4) is 0 Å². The van der Waals surface area contributed by atoms with E-state index in [9.17, 15) is 4.79 Å². The van der Waals surface area contributed by atoms with Crippen molar-refractivity contribution in [1.29, 1.82) is 0 Å². The fourth-order valence-electron chi connectivity index (χ4n) is 2.74. The van der Waals surface area contributed by atoms with Gasteiger partial charge in [0.1, 0.15) is 0 Å². The summed E-state index contributed by atoms with van der Waals surface area (Å²) in [5.74, 6) is 0.140. The molecule has 3 aromatic rings. The summed E-state index contributed by atoms with van der Waals surface area (Å²) < 4.78 is 0. The SMILES string of the molecule is O=C(c1c[nH]c2ccccc12)N(Cc1ccsc1)C1CC1. The van der Waals surface area contributed by atoms with Gasteiger partial charge in [-0.05, 0) is 41.3 Å². The van der Waals surface area contributed by atoms with Crippen molar-refractivity contribution in [2.24, 2.45) is 0 Å². The Morgan fingerprint density at radius 2 is 2.14 bits per heavy atom. The lowest BCUT2D eigenvalue weighted by molar-refractivity contribution is 0.0732. The summed E-state index contributed by atoms with van der Waals surface area (Å²) in [5.41, 5.74) is 3.03. The number of fused-ring (bicyclic) bond motifs is 1. The molecule has 1 aliphatic carbocycles. The van der Waals surface area contributed by atoms with E-state index >= 15 is 0 Å². The largest absolute Gasteiger partial charge is 0.360 e. The van der Waals surface area contributed by atoms with Gasteiger partial charge in [-0.25, -0.2) is 0 Å². The number of para-hydroxylation sites is 1. The molecule has 3 nitrogen and oxygen atoms in total. The first-order valence-corrected chi connectivity index (χ1v) is 8.15. The molecule has 4 heteroatoms. The Bertz CT molecular complexity index is 771. The van der Waals surface area contributed by atoms with Crippen LogP contribution in [0.5, 0.6) is 0 Å². The van der Waals surface area contributed by atoms with Crippen LogP contribution in [0.4, 0.5) is 0 Å². The number of rotatable bonds is 4. The number of carbonyl (C=O) groups excluding carboxylic acids is 1. The Morgan fingerprint density at radius 3 is 2.90 bits per heavy atom. The van der Waals surface area contributed by atoms with Gasteiger partial charge < -0.3 is 9.88 Å². The van der Waals surface area contributed by atoms with Crippen LogP contribution in [0.1, 0.15) is 28.8 Å². The van der Waals surface area contributed by atoms with Crippen molar-refractivity contribution in [2.75, 3.05) is 0 Å². The van der Waals surface area contributed by atoms with E-state index in [4.69, 9.17) is 0 Å². The third kappa shape index (κ3) is 2.36. The average Bonchev–Trinajstić information content (AvgIpc) is 3.05. The predicted molar refractivity (Wildman–Crippen MR) is 85.5 cm³/mol. The van der Waals surface area contributed by atoms with Gasteiger partial charge in [0.15, 0.2) is 0 Å². The van der Waals surface area contributed by atoms with Gasteiger partial charge in [-0.2, -0.15) is 11.3 Å². The minimum Gasteiger partial charge on any atom is -0.360 e. The molecule has 1 saturated carbocycles. The minimum atomic E-state index is 0.140. The third-order valence-corrected chi connectivity index (χ3v) is 4.73. The van der Waals surface area contributed by atoms with Gasteiger partial charge in [-0.1, -0.05) is 18.2 Å². The highest BCUT2D eigenvalue weighted by atomic mass is 32.1. The second-order valence-electron chi connectivity index (χ2n) is 5.54. The third-order valence-electron chi connectivity index (χ3n) is 4.00. The van der Waals surface area contributed by atoms with Crippen LogP contribution in [-0.2, 0) is 6.54 Å². The van der Waals surface area contributed by atoms with Crippen LogP contribution in [0.2, 0.25) is 0 Å². The summed E-state index contributed by atoms with van der Waals surface area (Å²) in [5, 5.41) is 5.20. The highest BCUT2D eigenvalue weighted by Gasteiger charge is 2.33. The second-order valence-corrected chi connectivity index (χ2v) is 6.32. The Morgan fingerprint density at radius 1 is 1.29 bits per heavy atom. The Hall–Kier alpha value is -2.07. The molecule has 1 amide bonds. The molecule has 1 aromatic carbocycles. The lowest BCUT2D eigenvalue weighted by Crippen LogP contribution is -2.32. The molecule has 106 valence electrons. The van der Waals surface area contributed by atoms with Crippen LogP contribution >= 0.6 is 11.3 Å². The van der Waals surface area contributed by atoms with E-state index in [0.717, 1.165) is 29.3 Å². The Kier molecular flexibility index (Phi) is 3.04. The molecule has 4 rings (SSSR count). The highest BCUT2D eigenvalue weighted by Crippen LogP contribution is 2.31. The number of aromatic amines is 1. The molecule has 1 N–H and O–H groups in total. The van der Waals surface area contributed by atoms with Crippen molar-refractivity contribution < 1.29 is 4.79 Å². The van der Waals surface area contributed by atoms with Crippen LogP contribution in [-0.4, -0.2) is 21.8 Å². The highest BCUT2D eigenvalue weighted by molar-refractivity contribution is 7.07. The van der Waals surface area contributed by atoms with Crippen LogP contribution in [0.3, 0.4) is 0 Å². The summed E-state index contributed by atoms with van der Waals surface area (Å²) in [6.07, 6.45) is 4.09. The summed E-state index contributed by atoms with van der Waals surface area (Å²) in [6.45, 7) is 0.715. The van der Waals surface area contributed by atoms with E-state index < -0.39 is 0 Å². The molecular formula is C17H16N2OS. The number of nitrogens with zero attached hydrogens (tertiary/aromatic N) is 1. The summed E-state index contributed by atoms with van der Waals surface area (Å²) in [4.78, 5) is 18.2. The molecule has 2 aromatic heterocycles. The number of nitrogens with one attached hydrogen (secondary N) is 1. The van der Waals surface area contributed by atoms with Crippen molar-refractivity contribution in [3.63, 3.8) is 0 Å². The number of H-pyrrole nitrogens is 1. The van der Waals surface area contributed by atoms with Gasteiger partial charge >= 0.3 is 0 Å². The zero-order chi connectivity index (χ0) is 14.2. The van der Waals surface area contributed by atoms with Crippen LogP contribution in [0.15, 0.2) is 47.3 Å². The van der Waals surface area contributed by atoms with E-state index in [1.807, 2.05) is 35.4 Å². The van der Waals surface area contributed by atoms with Crippen LogP contribution in [0, 0.1) is 0 Å². The van der Waals surface area contributed by atoms with Gasteiger partial charge in [-0.15, -0.1) is 0 Å². The molecule has 1 fully saturated rings. The zero-order valence-corrected chi connectivity index (χ0v) is 12.4. The fraction of sp³-hybridized carbons (Fsp3) is 0.235. The molecule has 0 unspecified atom stereocenters. The number of hydrogen-bond acceptors (Lipinski definition) is 2. The molecule has 0 aliphatic heterocycles. The van der Waals surface area contributed by atoms with Crippen molar-refractivity contribution in [1.82, 2.24) is 9.88 Å². The maximum atomic E-state index is 12.9. The van der Waals surface area contributed by atoms with Gasteiger partial charge in [0.05, 0.1) is 5.56 Å². The van der Waals surface area contributed by atoms with Crippen LogP contribution in [0.25, 0.3) is 10.9 Å². The fourth-order valence-corrected chi connectivity index (χ4v) is 3.40. The first-order valence-electron chi connectivity index (χ1n) is 7.21. The van der Waals surface area contributed by atoms with E-state index in [1.165, 1.54) is 5.56 Å². The van der Waals surface area contributed by atoms with E-state index in [1.54, 1.807) is 11.3 Å². The molecule has 0 bridgehead atoms. The topological polar surface area (TPSA) is 36.1 Å². The van der Waals surface area contributed by atoms with Gasteiger partial charge in [0, 0.05) is 29.7 Å². The number of amides is 1. The van der Waals surface area contributed by atoms with Gasteiger partial charge in [0.25, 0.3) is 5.91 Å². The van der Waals surface area contributed by atoms with E-state index in [2.05, 4.69) is 21.8 Å². The summed E-state index contributed by atoms with van der Waals surface area (Å²) in [7, 11) is 0. The lowest BCUT2D eigenvalue weighted by atomic mass is 10.1. The maximum Gasteiger partial charge on any atom is 0.256 e. The van der Waals surface area contributed by atoms with Gasteiger partial charge in [-0.3, -0.25) is 4.79 Å². The standard InChI is InChI=1S/C17H16N2OS/c20-17(15-9-18-16-4-2-1-3-14(15)16)19(13-5-6-13)10-12-7-8-21-11-12/h1-4,7-9,11,13,18H,5-6,10H2. The van der Waals surface area contributed by atoms with Gasteiger partial charge in [0.2, 0.25) is 0 Å². The number of thiophene rings is 1. The predicted octanol–water partition coefficient (Wildman–Crippen LogP) is 4.03. The quantitative estimate of drug-likeness (QED) is 0.775. The molecule has 0 atom stereocenters. The zero-order valence-electron chi connectivity index (χ0n) is 11.6. The summed E-state index contributed by atoms with van der Waals surface area (Å²) >= 11 is 1.68. The molecule has 0 spiro atoms. The lowest BCUT2D eigenvalue weighted by Gasteiger charge is -2.21. The number of aromatic nitrogens is 1. The smallest absolute Gasteiger partial charge is 0.256 e. The molecule has 21 heavy (non-hydrogen) atoms. The Balaban J connectivity index is 1.67. The molecular weight excluding hydrogens is 280 g/mol. The van der Waals surface area contributed by atoms with E-state index in [-0.39, 0.29) is 5.91 Å². The monoisotopic (exact) mass is 296 g/mol. The average molecular weight is 296 g/mol. The second kappa shape index (κ2) is 5.04. The molecule has 1 aliphatic rings. The Labute approximate surface area is 127 Å². The van der Waals surface area contributed by atoms with Crippen LogP contribution < -0.4 is 0 Å². The first-order chi connectivity index (χ1) is 10.3. The number of carbonyl (C=O) groups is 1. The first kappa shape index (κ1) is 12.7. The summed E-state index contributed by atoms with van der Waals surface area (Å²) in [6, 6.07) is 10.5.